The van der Waals surface area contributed by atoms with Crippen LogP contribution in [0.4, 0.5) is 0 Å². The number of rotatable bonds is 5. The van der Waals surface area contributed by atoms with Gasteiger partial charge in [-0.1, -0.05) is 32.1 Å². The highest BCUT2D eigenvalue weighted by molar-refractivity contribution is 5.98. The van der Waals surface area contributed by atoms with Gasteiger partial charge in [0.25, 0.3) is 5.91 Å². The van der Waals surface area contributed by atoms with Crippen LogP contribution in [-0.2, 0) is 6.54 Å². The van der Waals surface area contributed by atoms with Crippen LogP contribution in [0, 0.1) is 5.92 Å². The van der Waals surface area contributed by atoms with Crippen molar-refractivity contribution in [2.75, 3.05) is 20.1 Å². The summed E-state index contributed by atoms with van der Waals surface area (Å²) in [7, 11) is 1.99. The third-order valence-electron chi connectivity index (χ3n) is 6.11. The molecule has 1 atom stereocenters. The molecule has 1 fully saturated rings. The minimum absolute atomic E-state index is 0.0946. The SMILES string of the molecule is CN1NCC=C1c1cc2c(cn1)C(=O)N([C@H](CN)CC1CCCCC1)C2. The van der Waals surface area contributed by atoms with Crippen LogP contribution in [-0.4, -0.2) is 47.0 Å². The molecule has 0 saturated heterocycles. The lowest BCUT2D eigenvalue weighted by Crippen LogP contribution is -2.42. The second-order valence-electron chi connectivity index (χ2n) is 7.80. The fourth-order valence-electron chi connectivity index (χ4n) is 4.60. The summed E-state index contributed by atoms with van der Waals surface area (Å²) in [5.41, 5.74) is 13.1. The number of fused-ring (bicyclic) bond motifs is 1. The van der Waals surface area contributed by atoms with Gasteiger partial charge in [-0.2, -0.15) is 0 Å². The molecule has 3 aliphatic rings. The van der Waals surface area contributed by atoms with Crippen molar-refractivity contribution in [1.82, 2.24) is 20.3 Å². The first-order valence-corrected chi connectivity index (χ1v) is 9.85. The fraction of sp³-hybridized carbons (Fsp3) is 0.600. The summed E-state index contributed by atoms with van der Waals surface area (Å²) in [5.74, 6) is 0.808. The largest absolute Gasteiger partial charge is 0.330 e. The molecular formula is C20H29N5O. The molecule has 0 bridgehead atoms. The standard InChI is InChI=1S/C20H29N5O/c1-24-19(7-8-23-24)18-10-15-13-25(20(26)17(15)12-22-18)16(11-21)9-14-5-3-2-4-6-14/h7,10,12,14,16,23H,2-6,8-9,11,13,21H2,1H3/t16-/m0/s1. The first-order valence-electron chi connectivity index (χ1n) is 9.85. The number of pyridine rings is 1. The number of amides is 1. The Hall–Kier alpha value is -1.92. The average molecular weight is 355 g/mol. The molecule has 1 aromatic heterocycles. The minimum atomic E-state index is 0.0946. The molecule has 3 N–H and O–H groups in total. The van der Waals surface area contributed by atoms with E-state index in [2.05, 4.69) is 22.6 Å². The van der Waals surface area contributed by atoms with Gasteiger partial charge in [0.15, 0.2) is 0 Å². The third kappa shape index (κ3) is 3.23. The van der Waals surface area contributed by atoms with Crippen LogP contribution in [0.3, 0.4) is 0 Å². The Balaban J connectivity index is 1.51. The number of hydrogen-bond acceptors (Lipinski definition) is 5. The van der Waals surface area contributed by atoms with Gasteiger partial charge in [0.2, 0.25) is 0 Å². The summed E-state index contributed by atoms with van der Waals surface area (Å²) in [4.78, 5) is 19.5. The van der Waals surface area contributed by atoms with Gasteiger partial charge >= 0.3 is 0 Å². The van der Waals surface area contributed by atoms with Crippen molar-refractivity contribution < 1.29 is 4.79 Å². The van der Waals surface area contributed by atoms with Crippen molar-refractivity contribution in [2.45, 2.75) is 51.1 Å². The van der Waals surface area contributed by atoms with Crippen LogP contribution in [0.1, 0.15) is 60.1 Å². The Bertz CT molecular complexity index is 710. The normalized spacial score (nSPS) is 21.9. The summed E-state index contributed by atoms with van der Waals surface area (Å²) >= 11 is 0. The van der Waals surface area contributed by atoms with E-state index in [4.69, 9.17) is 5.73 Å². The molecule has 0 radical (unpaired) electrons. The summed E-state index contributed by atoms with van der Waals surface area (Å²) < 4.78 is 0. The molecule has 1 amide bonds. The quantitative estimate of drug-likeness (QED) is 0.846. The number of nitrogens with zero attached hydrogens (tertiary/aromatic N) is 3. The van der Waals surface area contributed by atoms with E-state index in [1.54, 1.807) is 6.20 Å². The summed E-state index contributed by atoms with van der Waals surface area (Å²) in [5, 5.41) is 1.98. The Morgan fingerprint density at radius 3 is 2.85 bits per heavy atom. The van der Waals surface area contributed by atoms with Crippen molar-refractivity contribution in [1.29, 1.82) is 0 Å². The van der Waals surface area contributed by atoms with Crippen molar-refractivity contribution >= 4 is 11.6 Å². The molecule has 0 unspecified atom stereocenters. The molecule has 1 saturated carbocycles. The maximum absolute atomic E-state index is 12.9. The van der Waals surface area contributed by atoms with Crippen molar-refractivity contribution in [2.24, 2.45) is 11.7 Å². The van der Waals surface area contributed by atoms with Crippen LogP contribution < -0.4 is 11.2 Å². The van der Waals surface area contributed by atoms with E-state index < -0.39 is 0 Å². The summed E-state index contributed by atoms with van der Waals surface area (Å²) in [6.07, 6.45) is 11.5. The molecular weight excluding hydrogens is 326 g/mol. The number of nitrogens with two attached hydrogens (primary N) is 1. The van der Waals surface area contributed by atoms with E-state index >= 15 is 0 Å². The Kier molecular flexibility index (Phi) is 4.96. The van der Waals surface area contributed by atoms with Crippen molar-refractivity contribution in [3.63, 3.8) is 0 Å². The molecule has 1 aromatic rings. The van der Waals surface area contributed by atoms with Crippen LogP contribution in [0.2, 0.25) is 0 Å². The number of nitrogens with one attached hydrogen (secondary N) is 1. The third-order valence-corrected chi connectivity index (χ3v) is 6.11. The van der Waals surface area contributed by atoms with E-state index in [0.717, 1.165) is 35.5 Å². The number of hydrazine groups is 1. The van der Waals surface area contributed by atoms with Gasteiger partial charge in [0, 0.05) is 38.9 Å². The predicted molar refractivity (Wildman–Crippen MR) is 102 cm³/mol. The molecule has 140 valence electrons. The molecule has 0 aromatic carbocycles. The van der Waals surface area contributed by atoms with Gasteiger partial charge in [0.05, 0.1) is 17.0 Å². The van der Waals surface area contributed by atoms with Gasteiger partial charge < -0.3 is 15.6 Å². The summed E-state index contributed by atoms with van der Waals surface area (Å²) in [6, 6.07) is 2.20. The molecule has 3 heterocycles. The first kappa shape index (κ1) is 17.5. The number of carbonyl (C=O) groups excluding carboxylic acids is 1. The van der Waals surface area contributed by atoms with Gasteiger partial charge in [-0.25, -0.2) is 5.43 Å². The summed E-state index contributed by atoms with van der Waals surface area (Å²) in [6.45, 7) is 2.00. The van der Waals surface area contributed by atoms with Crippen LogP contribution in [0.15, 0.2) is 18.3 Å². The van der Waals surface area contributed by atoms with E-state index in [-0.39, 0.29) is 11.9 Å². The number of carbonyl (C=O) groups is 1. The van der Waals surface area contributed by atoms with E-state index in [1.165, 1.54) is 32.1 Å². The van der Waals surface area contributed by atoms with Crippen LogP contribution in [0.25, 0.3) is 5.70 Å². The predicted octanol–water partition coefficient (Wildman–Crippen LogP) is 2.13. The lowest BCUT2D eigenvalue weighted by molar-refractivity contribution is 0.0674. The van der Waals surface area contributed by atoms with Gasteiger partial charge in [0.1, 0.15) is 0 Å². The van der Waals surface area contributed by atoms with Gasteiger partial charge in [-0.15, -0.1) is 0 Å². The highest BCUT2D eigenvalue weighted by atomic mass is 16.2. The second kappa shape index (κ2) is 7.37. The van der Waals surface area contributed by atoms with Crippen molar-refractivity contribution in [3.05, 3.63) is 35.2 Å². The number of aromatic nitrogens is 1. The maximum Gasteiger partial charge on any atom is 0.256 e. The topological polar surface area (TPSA) is 74.5 Å². The zero-order valence-electron chi connectivity index (χ0n) is 15.6. The van der Waals surface area contributed by atoms with Crippen LogP contribution >= 0.6 is 0 Å². The Labute approximate surface area is 155 Å². The number of hydrogen-bond donors (Lipinski definition) is 2. The zero-order valence-corrected chi connectivity index (χ0v) is 15.6. The second-order valence-corrected chi connectivity index (χ2v) is 7.80. The Morgan fingerprint density at radius 2 is 2.15 bits per heavy atom. The zero-order chi connectivity index (χ0) is 18.1. The van der Waals surface area contributed by atoms with E-state index in [9.17, 15) is 4.79 Å². The lowest BCUT2D eigenvalue weighted by Gasteiger charge is -2.31. The molecule has 2 aliphatic heterocycles. The highest BCUT2D eigenvalue weighted by Crippen LogP contribution is 2.32. The molecule has 4 rings (SSSR count). The van der Waals surface area contributed by atoms with Gasteiger partial charge in [-0.05, 0) is 30.0 Å². The maximum atomic E-state index is 12.9. The van der Waals surface area contributed by atoms with E-state index in [0.29, 0.717) is 19.0 Å². The van der Waals surface area contributed by atoms with Crippen molar-refractivity contribution in [3.8, 4) is 0 Å². The molecule has 26 heavy (non-hydrogen) atoms. The fourth-order valence-corrected chi connectivity index (χ4v) is 4.60. The van der Waals surface area contributed by atoms with Gasteiger partial charge in [-0.3, -0.25) is 9.78 Å². The monoisotopic (exact) mass is 355 g/mol. The smallest absolute Gasteiger partial charge is 0.256 e. The molecule has 6 nitrogen and oxygen atoms in total. The molecule has 6 heteroatoms. The average Bonchev–Trinajstić information content (AvgIpc) is 3.24. The minimum Gasteiger partial charge on any atom is -0.330 e. The van der Waals surface area contributed by atoms with Crippen LogP contribution in [0.5, 0.6) is 0 Å². The molecule has 1 aliphatic carbocycles. The highest BCUT2D eigenvalue weighted by Gasteiger charge is 2.34. The van der Waals surface area contributed by atoms with E-state index in [1.807, 2.05) is 17.0 Å². The Morgan fingerprint density at radius 1 is 1.35 bits per heavy atom. The molecule has 0 spiro atoms. The lowest BCUT2D eigenvalue weighted by atomic mass is 9.84. The first-order chi connectivity index (χ1) is 12.7.